The van der Waals surface area contributed by atoms with E-state index in [1.807, 2.05) is 0 Å². The fourth-order valence-corrected chi connectivity index (χ4v) is 10.4. The van der Waals surface area contributed by atoms with E-state index in [-0.39, 0.29) is 10.8 Å². The molecule has 9 aromatic rings. The Bertz CT molecular complexity index is 3410. The minimum atomic E-state index is 0.0669. The lowest BCUT2D eigenvalue weighted by Crippen LogP contribution is -2.10. The highest BCUT2D eigenvalue weighted by Crippen LogP contribution is 2.47. The highest BCUT2D eigenvalue weighted by molar-refractivity contribution is 5.96. The van der Waals surface area contributed by atoms with E-state index in [4.69, 9.17) is 0 Å². The van der Waals surface area contributed by atoms with Crippen LogP contribution in [0.25, 0.3) is 84.0 Å². The Morgan fingerprint density at radius 2 is 0.829 bits per heavy atom. The van der Waals surface area contributed by atoms with Crippen molar-refractivity contribution >= 4 is 5.57 Å². The third-order valence-electron chi connectivity index (χ3n) is 14.4. The first-order chi connectivity index (χ1) is 33.6. The van der Waals surface area contributed by atoms with Crippen LogP contribution in [0.4, 0.5) is 0 Å². The molecule has 7 aromatic carbocycles. The third-order valence-corrected chi connectivity index (χ3v) is 14.4. The molecule has 0 unspecified atom stereocenters. The van der Waals surface area contributed by atoms with E-state index in [1.165, 1.54) is 117 Å². The highest BCUT2D eigenvalue weighted by atomic mass is 15.0. The van der Waals surface area contributed by atoms with Crippen LogP contribution in [-0.4, -0.2) is 9.13 Å². The van der Waals surface area contributed by atoms with Gasteiger partial charge in [0, 0.05) is 46.0 Å². The number of nitrogens with zero attached hydrogens (tertiary/aromatic N) is 2. The standard InChI is InChI=1S/C68H66N2/c1-45-21-25-51(26-22-45)65-63(49-17-13-11-14-18-49)61(43-69(65)57-35-31-55(32-36-57)67(5,6)7)53-29-39-59(47(3)41-53)60-40-30-54(42-48(60)4)62-44-70(58-37-33-56(34-38-58)68(8,9)10)66(52-27-23-46(2)24-28-52)64(62)50-19-15-12-16-20-50/h11-15,17-19,21-44H,16,20H2,1-10H3. The van der Waals surface area contributed by atoms with Gasteiger partial charge in [0.25, 0.3) is 0 Å². The van der Waals surface area contributed by atoms with Gasteiger partial charge in [-0.1, -0.05) is 210 Å². The van der Waals surface area contributed by atoms with Gasteiger partial charge in [-0.3, -0.25) is 0 Å². The molecule has 0 aliphatic heterocycles. The normalized spacial score (nSPS) is 12.9. The topological polar surface area (TPSA) is 9.86 Å². The van der Waals surface area contributed by atoms with Crippen molar-refractivity contribution in [2.45, 2.75) is 92.9 Å². The summed E-state index contributed by atoms with van der Waals surface area (Å²) in [5.41, 5.74) is 27.5. The second-order valence-electron chi connectivity index (χ2n) is 21.7. The smallest absolute Gasteiger partial charge is 0.0613 e. The van der Waals surface area contributed by atoms with Crippen LogP contribution in [0.2, 0.25) is 0 Å². The second kappa shape index (κ2) is 18.5. The summed E-state index contributed by atoms with van der Waals surface area (Å²) in [5.74, 6) is 0. The van der Waals surface area contributed by atoms with Crippen LogP contribution >= 0.6 is 0 Å². The monoisotopic (exact) mass is 911 g/mol. The van der Waals surface area contributed by atoms with Crippen LogP contribution < -0.4 is 0 Å². The summed E-state index contributed by atoms with van der Waals surface area (Å²) >= 11 is 0. The zero-order valence-corrected chi connectivity index (χ0v) is 42.8. The molecule has 0 saturated carbocycles. The molecule has 0 N–H and O–H groups in total. The largest absolute Gasteiger partial charge is 0.315 e. The SMILES string of the molecule is Cc1ccc(-c2c(C3=CC=CCC3)c(-c3ccc(-c4ccc(-c5cn(-c6ccc(C(C)(C)C)cc6)c(-c6ccc(C)cc6)c5-c5ccccc5)cc4C)c(C)c3)cn2-c2ccc(C(C)(C)C)cc2)cc1. The molecule has 0 spiro atoms. The van der Waals surface area contributed by atoms with E-state index in [0.717, 1.165) is 18.5 Å². The average Bonchev–Trinajstić information content (AvgIpc) is 3.96. The number of rotatable bonds is 9. The van der Waals surface area contributed by atoms with E-state index in [1.54, 1.807) is 0 Å². The van der Waals surface area contributed by atoms with Gasteiger partial charge in [-0.15, -0.1) is 0 Å². The van der Waals surface area contributed by atoms with Gasteiger partial charge in [-0.05, 0) is 142 Å². The second-order valence-corrected chi connectivity index (χ2v) is 21.7. The molecule has 1 aliphatic rings. The predicted octanol–water partition coefficient (Wildman–Crippen LogP) is 18.8. The Morgan fingerprint density at radius 1 is 0.400 bits per heavy atom. The molecule has 10 rings (SSSR count). The first-order valence-corrected chi connectivity index (χ1v) is 25.1. The molecular formula is C68H66N2. The van der Waals surface area contributed by atoms with Crippen molar-refractivity contribution in [3.05, 3.63) is 233 Å². The van der Waals surface area contributed by atoms with Gasteiger partial charge in [-0.25, -0.2) is 0 Å². The molecular weight excluding hydrogens is 845 g/mol. The molecule has 0 atom stereocenters. The predicted molar refractivity (Wildman–Crippen MR) is 300 cm³/mol. The first-order valence-electron chi connectivity index (χ1n) is 25.1. The molecule has 70 heavy (non-hydrogen) atoms. The molecule has 2 nitrogen and oxygen atoms in total. The van der Waals surface area contributed by atoms with Crippen LogP contribution in [0.1, 0.15) is 93.3 Å². The maximum Gasteiger partial charge on any atom is 0.0613 e. The van der Waals surface area contributed by atoms with Gasteiger partial charge >= 0.3 is 0 Å². The van der Waals surface area contributed by atoms with Gasteiger partial charge in [0.05, 0.1) is 11.4 Å². The van der Waals surface area contributed by atoms with Crippen LogP contribution in [0.5, 0.6) is 0 Å². The van der Waals surface area contributed by atoms with E-state index < -0.39 is 0 Å². The Balaban J connectivity index is 1.10. The van der Waals surface area contributed by atoms with Gasteiger partial charge in [0.15, 0.2) is 0 Å². The summed E-state index contributed by atoms with van der Waals surface area (Å²) in [6.45, 7) is 22.6. The molecule has 1 aliphatic carbocycles. The molecule has 0 fully saturated rings. The van der Waals surface area contributed by atoms with Crippen molar-refractivity contribution in [2.24, 2.45) is 0 Å². The number of hydrogen-bond acceptors (Lipinski definition) is 0. The number of benzene rings is 7. The van der Waals surface area contributed by atoms with Crippen LogP contribution in [0.15, 0.2) is 194 Å². The fourth-order valence-electron chi connectivity index (χ4n) is 10.4. The summed E-state index contributed by atoms with van der Waals surface area (Å²) in [7, 11) is 0. The third kappa shape index (κ3) is 9.00. The Hall–Kier alpha value is -7.42. The minimum Gasteiger partial charge on any atom is -0.315 e. The number of hydrogen-bond donors (Lipinski definition) is 0. The van der Waals surface area contributed by atoms with E-state index in [2.05, 4.69) is 273 Å². The summed E-state index contributed by atoms with van der Waals surface area (Å²) < 4.78 is 4.85. The number of allylic oxidation sites excluding steroid dienone is 4. The zero-order chi connectivity index (χ0) is 48.9. The molecule has 0 amide bonds. The molecule has 0 bridgehead atoms. The summed E-state index contributed by atoms with van der Waals surface area (Å²) in [5, 5.41) is 0. The number of aryl methyl sites for hydroxylation is 4. The number of aromatic nitrogens is 2. The quantitative estimate of drug-likeness (QED) is 0.137. The molecule has 348 valence electrons. The Kier molecular flexibility index (Phi) is 12.2. The first kappa shape index (κ1) is 46.3. The summed E-state index contributed by atoms with van der Waals surface area (Å²) in [6, 6.07) is 61.6. The van der Waals surface area contributed by atoms with Crippen molar-refractivity contribution < 1.29 is 0 Å². The van der Waals surface area contributed by atoms with Crippen molar-refractivity contribution in [1.29, 1.82) is 0 Å². The van der Waals surface area contributed by atoms with Crippen LogP contribution in [-0.2, 0) is 10.8 Å². The van der Waals surface area contributed by atoms with Crippen LogP contribution in [0.3, 0.4) is 0 Å². The fraction of sp³-hybridized carbons (Fsp3) is 0.206. The minimum absolute atomic E-state index is 0.0669. The van der Waals surface area contributed by atoms with Gasteiger partial charge in [0.1, 0.15) is 0 Å². The molecule has 2 aromatic heterocycles. The molecule has 0 radical (unpaired) electrons. The van der Waals surface area contributed by atoms with Gasteiger partial charge in [0.2, 0.25) is 0 Å². The maximum atomic E-state index is 2.44. The zero-order valence-electron chi connectivity index (χ0n) is 42.8. The van der Waals surface area contributed by atoms with Crippen LogP contribution in [0, 0.1) is 27.7 Å². The molecule has 2 heteroatoms. The lowest BCUT2D eigenvalue weighted by atomic mass is 9.87. The summed E-state index contributed by atoms with van der Waals surface area (Å²) in [4.78, 5) is 0. The van der Waals surface area contributed by atoms with Crippen molar-refractivity contribution in [2.75, 3.05) is 0 Å². The average molecular weight is 911 g/mol. The molecule has 0 saturated heterocycles. The van der Waals surface area contributed by atoms with Crippen molar-refractivity contribution in [1.82, 2.24) is 9.13 Å². The van der Waals surface area contributed by atoms with Crippen molar-refractivity contribution in [3.8, 4) is 78.4 Å². The molecule has 2 heterocycles. The van der Waals surface area contributed by atoms with Gasteiger partial charge in [-0.2, -0.15) is 0 Å². The van der Waals surface area contributed by atoms with E-state index in [9.17, 15) is 0 Å². The van der Waals surface area contributed by atoms with E-state index >= 15 is 0 Å². The summed E-state index contributed by atoms with van der Waals surface area (Å²) in [6.07, 6.45) is 13.7. The Labute approximate surface area is 417 Å². The Morgan fingerprint density at radius 3 is 1.24 bits per heavy atom. The highest BCUT2D eigenvalue weighted by Gasteiger charge is 2.26. The van der Waals surface area contributed by atoms with Crippen molar-refractivity contribution in [3.63, 3.8) is 0 Å². The lowest BCUT2D eigenvalue weighted by molar-refractivity contribution is 0.590. The lowest BCUT2D eigenvalue weighted by Gasteiger charge is -2.20. The van der Waals surface area contributed by atoms with Gasteiger partial charge < -0.3 is 9.13 Å². The maximum absolute atomic E-state index is 2.44. The van der Waals surface area contributed by atoms with E-state index in [0.29, 0.717) is 0 Å².